The molecule has 1 aromatic carbocycles. The Morgan fingerprint density at radius 3 is 2.35 bits per heavy atom. The van der Waals surface area contributed by atoms with E-state index in [4.69, 9.17) is 0 Å². The smallest absolute Gasteiger partial charge is 0.218 e. The van der Waals surface area contributed by atoms with Crippen LogP contribution >= 0.6 is 11.3 Å². The van der Waals surface area contributed by atoms with Crippen molar-refractivity contribution in [3.63, 3.8) is 0 Å². The molecular formula is C17H22N2O2S2. The van der Waals surface area contributed by atoms with Crippen LogP contribution in [0.2, 0.25) is 0 Å². The molecule has 0 bridgehead atoms. The highest BCUT2D eigenvalue weighted by molar-refractivity contribution is 7.88. The first kappa shape index (κ1) is 16.6. The van der Waals surface area contributed by atoms with E-state index in [-0.39, 0.29) is 5.75 Å². The maximum Gasteiger partial charge on any atom is 0.218 e. The van der Waals surface area contributed by atoms with Crippen molar-refractivity contribution < 1.29 is 8.42 Å². The average Bonchev–Trinajstić information content (AvgIpc) is 3.07. The van der Waals surface area contributed by atoms with Crippen LogP contribution in [0.4, 0.5) is 0 Å². The standard InChI is InChI=1S/C17H22N2O2S2/c20-23(21,15-16-5-2-1-3-6-16)19-12-10-18(11-13-19)9-8-17-7-4-14-22-17/h1-7,14H,8-13,15H2. The van der Waals surface area contributed by atoms with Gasteiger partial charge in [-0.05, 0) is 23.4 Å². The van der Waals surface area contributed by atoms with E-state index in [0.717, 1.165) is 31.6 Å². The average molecular weight is 351 g/mol. The Labute approximate surface area is 142 Å². The van der Waals surface area contributed by atoms with Gasteiger partial charge in [0.25, 0.3) is 0 Å². The number of hydrogen-bond acceptors (Lipinski definition) is 4. The van der Waals surface area contributed by atoms with Gasteiger partial charge >= 0.3 is 0 Å². The van der Waals surface area contributed by atoms with Crippen LogP contribution in [0.1, 0.15) is 10.4 Å². The predicted octanol–water partition coefficient (Wildman–Crippen LogP) is 2.44. The molecule has 0 spiro atoms. The van der Waals surface area contributed by atoms with Crippen molar-refractivity contribution in [3.8, 4) is 0 Å². The van der Waals surface area contributed by atoms with E-state index in [0.29, 0.717) is 13.1 Å². The summed E-state index contributed by atoms with van der Waals surface area (Å²) in [5.74, 6) is 0.100. The van der Waals surface area contributed by atoms with Gasteiger partial charge in [-0.1, -0.05) is 36.4 Å². The minimum absolute atomic E-state index is 0.100. The maximum absolute atomic E-state index is 12.5. The lowest BCUT2D eigenvalue weighted by Crippen LogP contribution is -2.49. The first-order valence-corrected chi connectivity index (χ1v) is 10.4. The monoisotopic (exact) mass is 350 g/mol. The largest absolute Gasteiger partial charge is 0.300 e. The van der Waals surface area contributed by atoms with Gasteiger partial charge in [0.1, 0.15) is 0 Å². The van der Waals surface area contributed by atoms with Gasteiger partial charge in [0.15, 0.2) is 0 Å². The van der Waals surface area contributed by atoms with Crippen LogP contribution in [0.3, 0.4) is 0 Å². The number of nitrogens with zero attached hydrogens (tertiary/aromatic N) is 2. The van der Waals surface area contributed by atoms with Crippen LogP contribution < -0.4 is 0 Å². The van der Waals surface area contributed by atoms with Gasteiger partial charge in [-0.15, -0.1) is 11.3 Å². The molecule has 0 saturated carbocycles. The second kappa shape index (κ2) is 7.57. The summed E-state index contributed by atoms with van der Waals surface area (Å²) < 4.78 is 26.7. The van der Waals surface area contributed by atoms with Crippen LogP contribution in [0.25, 0.3) is 0 Å². The third-order valence-corrected chi connectivity index (χ3v) is 6.96. The predicted molar refractivity (Wildman–Crippen MR) is 95.1 cm³/mol. The molecule has 1 saturated heterocycles. The first-order valence-electron chi connectivity index (χ1n) is 7.90. The first-order chi connectivity index (χ1) is 11.1. The summed E-state index contributed by atoms with van der Waals surface area (Å²) in [7, 11) is -3.21. The van der Waals surface area contributed by atoms with Gasteiger partial charge in [0.05, 0.1) is 5.75 Å². The molecule has 0 radical (unpaired) electrons. The summed E-state index contributed by atoms with van der Waals surface area (Å²) in [6, 6.07) is 13.6. The van der Waals surface area contributed by atoms with Gasteiger partial charge in [0, 0.05) is 37.6 Å². The molecule has 1 fully saturated rings. The Balaban J connectivity index is 1.49. The van der Waals surface area contributed by atoms with Crippen molar-refractivity contribution in [1.29, 1.82) is 0 Å². The van der Waals surface area contributed by atoms with Gasteiger partial charge in [-0.25, -0.2) is 8.42 Å². The van der Waals surface area contributed by atoms with Crippen molar-refractivity contribution >= 4 is 21.4 Å². The molecular weight excluding hydrogens is 328 g/mol. The minimum Gasteiger partial charge on any atom is -0.300 e. The zero-order valence-corrected chi connectivity index (χ0v) is 14.7. The Bertz CT molecular complexity index is 691. The number of sulfonamides is 1. The van der Waals surface area contributed by atoms with E-state index in [1.54, 1.807) is 15.6 Å². The van der Waals surface area contributed by atoms with Crippen LogP contribution in [0.5, 0.6) is 0 Å². The van der Waals surface area contributed by atoms with Crippen molar-refractivity contribution in [2.45, 2.75) is 12.2 Å². The molecule has 6 heteroatoms. The third kappa shape index (κ3) is 4.64. The molecule has 0 aliphatic carbocycles. The Morgan fingerprint density at radius 2 is 1.70 bits per heavy atom. The van der Waals surface area contributed by atoms with E-state index in [9.17, 15) is 8.42 Å². The molecule has 4 nitrogen and oxygen atoms in total. The summed E-state index contributed by atoms with van der Waals surface area (Å²) in [6.45, 7) is 3.84. The molecule has 3 rings (SSSR count). The highest BCUT2D eigenvalue weighted by Crippen LogP contribution is 2.15. The fourth-order valence-corrected chi connectivity index (χ4v) is 5.04. The Kier molecular flexibility index (Phi) is 5.48. The van der Waals surface area contributed by atoms with Crippen LogP contribution in [-0.4, -0.2) is 50.3 Å². The molecule has 2 heterocycles. The normalized spacial score (nSPS) is 17.4. The maximum atomic E-state index is 12.5. The second-order valence-electron chi connectivity index (χ2n) is 5.81. The van der Waals surface area contributed by atoms with Gasteiger partial charge in [-0.2, -0.15) is 4.31 Å². The molecule has 124 valence electrons. The van der Waals surface area contributed by atoms with Crippen molar-refractivity contribution in [2.24, 2.45) is 0 Å². The lowest BCUT2D eigenvalue weighted by Gasteiger charge is -2.33. The number of rotatable bonds is 6. The molecule has 2 aromatic rings. The Hall–Kier alpha value is -1.21. The van der Waals surface area contributed by atoms with E-state index >= 15 is 0 Å². The van der Waals surface area contributed by atoms with Gasteiger partial charge in [0.2, 0.25) is 10.0 Å². The molecule has 0 amide bonds. The minimum atomic E-state index is -3.21. The molecule has 1 aliphatic rings. The summed E-state index contributed by atoms with van der Waals surface area (Å²) in [5, 5.41) is 2.10. The SMILES string of the molecule is O=S(=O)(Cc1ccccc1)N1CCN(CCc2cccs2)CC1. The Morgan fingerprint density at radius 1 is 0.957 bits per heavy atom. The van der Waals surface area contributed by atoms with Gasteiger partial charge in [-0.3, -0.25) is 0 Å². The lowest BCUT2D eigenvalue weighted by atomic mass is 10.2. The number of piperazine rings is 1. The molecule has 0 unspecified atom stereocenters. The fraction of sp³-hybridized carbons (Fsp3) is 0.412. The zero-order valence-electron chi connectivity index (χ0n) is 13.1. The van der Waals surface area contributed by atoms with Crippen molar-refractivity contribution in [3.05, 3.63) is 58.3 Å². The number of hydrogen-bond donors (Lipinski definition) is 0. The molecule has 0 N–H and O–H groups in total. The molecule has 1 aliphatic heterocycles. The van der Waals surface area contributed by atoms with Crippen LogP contribution in [0.15, 0.2) is 47.8 Å². The fourth-order valence-electron chi connectivity index (χ4n) is 2.83. The van der Waals surface area contributed by atoms with Gasteiger partial charge < -0.3 is 4.90 Å². The van der Waals surface area contributed by atoms with E-state index in [2.05, 4.69) is 22.4 Å². The van der Waals surface area contributed by atoms with Crippen LogP contribution in [-0.2, 0) is 22.2 Å². The topological polar surface area (TPSA) is 40.6 Å². The van der Waals surface area contributed by atoms with E-state index in [1.807, 2.05) is 30.3 Å². The number of benzene rings is 1. The summed E-state index contributed by atoms with van der Waals surface area (Å²) in [4.78, 5) is 3.75. The quantitative estimate of drug-likeness (QED) is 0.803. The molecule has 23 heavy (non-hydrogen) atoms. The second-order valence-corrected chi connectivity index (χ2v) is 8.81. The summed E-state index contributed by atoms with van der Waals surface area (Å²) in [6.07, 6.45) is 1.05. The van der Waals surface area contributed by atoms with Crippen molar-refractivity contribution in [2.75, 3.05) is 32.7 Å². The van der Waals surface area contributed by atoms with E-state index in [1.165, 1.54) is 4.88 Å². The van der Waals surface area contributed by atoms with Crippen molar-refractivity contribution in [1.82, 2.24) is 9.21 Å². The van der Waals surface area contributed by atoms with E-state index < -0.39 is 10.0 Å². The zero-order chi connectivity index (χ0) is 16.1. The highest BCUT2D eigenvalue weighted by atomic mass is 32.2. The lowest BCUT2D eigenvalue weighted by molar-refractivity contribution is 0.190. The summed E-state index contributed by atoms with van der Waals surface area (Å²) >= 11 is 1.78. The van der Waals surface area contributed by atoms with Crippen LogP contribution in [0, 0.1) is 0 Å². The molecule has 1 aromatic heterocycles. The number of thiophene rings is 1. The highest BCUT2D eigenvalue weighted by Gasteiger charge is 2.26. The summed E-state index contributed by atoms with van der Waals surface area (Å²) in [5.41, 5.74) is 0.854. The third-order valence-electron chi connectivity index (χ3n) is 4.17. The molecule has 0 atom stereocenters.